The molecule has 0 aliphatic rings. The molecule has 0 amide bonds. The van der Waals surface area contributed by atoms with E-state index in [-0.39, 0.29) is 0 Å². The molecule has 4 heteroatoms. The minimum absolute atomic E-state index is 0.699. The average Bonchev–Trinajstić information content (AvgIpc) is 2.47. The van der Waals surface area contributed by atoms with E-state index in [1.54, 1.807) is 7.11 Å². The van der Waals surface area contributed by atoms with Crippen LogP contribution < -0.4 is 10.1 Å². The Labute approximate surface area is 137 Å². The van der Waals surface area contributed by atoms with E-state index >= 15 is 0 Å². The predicted molar refractivity (Wildman–Crippen MR) is 92.2 cm³/mol. The monoisotopic (exact) mass is 357 g/mol. The number of hydrogen-bond acceptors (Lipinski definition) is 3. The van der Waals surface area contributed by atoms with E-state index in [1.807, 2.05) is 6.92 Å². The molecule has 0 spiro atoms. The Balaban J connectivity index is 2.26. The maximum absolute atomic E-state index is 5.54. The molecule has 21 heavy (non-hydrogen) atoms. The van der Waals surface area contributed by atoms with Gasteiger partial charge in [-0.25, -0.2) is 0 Å². The van der Waals surface area contributed by atoms with Gasteiger partial charge in [-0.05, 0) is 72.3 Å². The molecule has 0 radical (unpaired) electrons. The summed E-state index contributed by atoms with van der Waals surface area (Å²) in [5.41, 5.74) is 1.37. The summed E-state index contributed by atoms with van der Waals surface area (Å²) < 4.78 is 11.6. The summed E-state index contributed by atoms with van der Waals surface area (Å²) in [6.07, 6.45) is 3.54. The fourth-order valence-corrected chi connectivity index (χ4v) is 2.72. The summed E-state index contributed by atoms with van der Waals surface area (Å²) in [4.78, 5) is 0. The Morgan fingerprint density at radius 1 is 1.24 bits per heavy atom. The first-order chi connectivity index (χ1) is 10.2. The molecule has 1 aromatic carbocycles. The number of halogens is 1. The van der Waals surface area contributed by atoms with Gasteiger partial charge in [-0.3, -0.25) is 0 Å². The number of benzene rings is 1. The number of nitrogens with one attached hydrogen (secondary N) is 1. The van der Waals surface area contributed by atoms with Crippen molar-refractivity contribution in [3.8, 4) is 5.75 Å². The zero-order valence-electron chi connectivity index (χ0n) is 13.5. The highest BCUT2D eigenvalue weighted by molar-refractivity contribution is 9.10. The van der Waals surface area contributed by atoms with Crippen molar-refractivity contribution in [3.63, 3.8) is 0 Å². The summed E-state index contributed by atoms with van der Waals surface area (Å²) in [5.74, 6) is 1.65. The average molecular weight is 358 g/mol. The second-order valence-electron chi connectivity index (χ2n) is 5.37. The number of ether oxygens (including phenoxy) is 2. The Morgan fingerprint density at radius 3 is 2.71 bits per heavy atom. The van der Waals surface area contributed by atoms with Crippen molar-refractivity contribution in [1.82, 2.24) is 5.32 Å². The Kier molecular flexibility index (Phi) is 9.72. The highest BCUT2D eigenvalue weighted by Gasteiger charge is 2.05. The number of hydrogen-bond donors (Lipinski definition) is 1. The van der Waals surface area contributed by atoms with Crippen LogP contribution in [0.3, 0.4) is 0 Å². The molecule has 0 bridgehead atoms. The van der Waals surface area contributed by atoms with Crippen molar-refractivity contribution in [2.75, 3.05) is 33.4 Å². The van der Waals surface area contributed by atoms with Crippen LogP contribution in [0.4, 0.5) is 0 Å². The third-order valence-electron chi connectivity index (χ3n) is 3.52. The molecular weight excluding hydrogens is 330 g/mol. The molecule has 0 aliphatic carbocycles. The van der Waals surface area contributed by atoms with Crippen molar-refractivity contribution in [2.24, 2.45) is 5.92 Å². The van der Waals surface area contributed by atoms with Crippen LogP contribution in [-0.2, 0) is 11.2 Å². The fourth-order valence-electron chi connectivity index (χ4n) is 2.18. The van der Waals surface area contributed by atoms with Gasteiger partial charge in [0.05, 0.1) is 17.7 Å². The largest absolute Gasteiger partial charge is 0.493 e. The van der Waals surface area contributed by atoms with Gasteiger partial charge < -0.3 is 14.8 Å². The third kappa shape index (κ3) is 7.84. The van der Waals surface area contributed by atoms with Crippen LogP contribution in [0.2, 0.25) is 0 Å². The van der Waals surface area contributed by atoms with Crippen LogP contribution in [0.15, 0.2) is 22.7 Å². The van der Waals surface area contributed by atoms with Gasteiger partial charge in [-0.1, -0.05) is 13.0 Å². The van der Waals surface area contributed by atoms with E-state index in [0.29, 0.717) is 6.61 Å². The molecule has 1 N–H and O–H groups in total. The quantitative estimate of drug-likeness (QED) is 0.606. The molecule has 1 atom stereocenters. The van der Waals surface area contributed by atoms with Gasteiger partial charge in [0, 0.05) is 13.7 Å². The minimum Gasteiger partial charge on any atom is -0.493 e. The minimum atomic E-state index is 0.699. The normalized spacial score (nSPS) is 12.4. The zero-order chi connectivity index (χ0) is 15.5. The van der Waals surface area contributed by atoms with E-state index in [4.69, 9.17) is 9.47 Å². The Bertz CT molecular complexity index is 398. The van der Waals surface area contributed by atoms with Crippen molar-refractivity contribution in [1.29, 1.82) is 0 Å². The van der Waals surface area contributed by atoms with Gasteiger partial charge in [0.2, 0.25) is 0 Å². The lowest BCUT2D eigenvalue weighted by atomic mass is 9.98. The SMILES string of the molecule is CCOc1ccc(CCC(C)CCNCCOC)cc1Br. The summed E-state index contributed by atoms with van der Waals surface area (Å²) >= 11 is 3.57. The molecule has 0 aromatic heterocycles. The molecule has 0 aliphatic heterocycles. The summed E-state index contributed by atoms with van der Waals surface area (Å²) in [7, 11) is 1.74. The van der Waals surface area contributed by atoms with E-state index in [9.17, 15) is 0 Å². The highest BCUT2D eigenvalue weighted by atomic mass is 79.9. The summed E-state index contributed by atoms with van der Waals surface area (Å²) in [5, 5.41) is 3.40. The van der Waals surface area contributed by atoms with Crippen LogP contribution in [0.1, 0.15) is 32.3 Å². The van der Waals surface area contributed by atoms with Gasteiger partial charge in [0.25, 0.3) is 0 Å². The zero-order valence-corrected chi connectivity index (χ0v) is 15.0. The number of rotatable bonds is 11. The topological polar surface area (TPSA) is 30.5 Å². The molecular formula is C17H28BrNO2. The van der Waals surface area contributed by atoms with Gasteiger partial charge in [-0.2, -0.15) is 0 Å². The first-order valence-corrected chi connectivity index (χ1v) is 8.57. The van der Waals surface area contributed by atoms with Gasteiger partial charge in [0.1, 0.15) is 5.75 Å². The maximum atomic E-state index is 5.54. The van der Waals surface area contributed by atoms with Crippen LogP contribution >= 0.6 is 15.9 Å². The molecule has 1 unspecified atom stereocenters. The molecule has 1 aromatic rings. The predicted octanol–water partition coefficient (Wildman–Crippen LogP) is 4.04. The third-order valence-corrected chi connectivity index (χ3v) is 4.14. The Morgan fingerprint density at radius 2 is 2.05 bits per heavy atom. The van der Waals surface area contributed by atoms with Gasteiger partial charge in [0.15, 0.2) is 0 Å². The smallest absolute Gasteiger partial charge is 0.133 e. The Hall–Kier alpha value is -0.580. The number of aryl methyl sites for hydroxylation is 1. The summed E-state index contributed by atoms with van der Waals surface area (Å²) in [6, 6.07) is 6.40. The van der Waals surface area contributed by atoms with Crippen LogP contribution in [0, 0.1) is 5.92 Å². The summed E-state index contributed by atoms with van der Waals surface area (Å²) in [6.45, 7) is 7.82. The second kappa shape index (κ2) is 11.0. The van der Waals surface area contributed by atoms with E-state index in [1.165, 1.54) is 18.4 Å². The lowest BCUT2D eigenvalue weighted by Crippen LogP contribution is -2.21. The van der Waals surface area contributed by atoms with Crippen LogP contribution in [0.5, 0.6) is 5.75 Å². The van der Waals surface area contributed by atoms with Crippen molar-refractivity contribution >= 4 is 15.9 Å². The first-order valence-electron chi connectivity index (χ1n) is 7.78. The molecule has 3 nitrogen and oxygen atoms in total. The van der Waals surface area contributed by atoms with E-state index in [2.05, 4.69) is 46.4 Å². The van der Waals surface area contributed by atoms with Crippen LogP contribution in [-0.4, -0.2) is 33.4 Å². The van der Waals surface area contributed by atoms with E-state index < -0.39 is 0 Å². The van der Waals surface area contributed by atoms with Crippen molar-refractivity contribution in [2.45, 2.75) is 33.1 Å². The van der Waals surface area contributed by atoms with Crippen molar-refractivity contribution < 1.29 is 9.47 Å². The molecule has 1 rings (SSSR count). The standard InChI is InChI=1S/C17H28BrNO2/c1-4-21-17-8-7-15(13-16(17)18)6-5-14(2)9-10-19-11-12-20-3/h7-8,13-14,19H,4-6,9-12H2,1-3H3. The lowest BCUT2D eigenvalue weighted by Gasteiger charge is -2.13. The van der Waals surface area contributed by atoms with E-state index in [0.717, 1.165) is 42.3 Å². The van der Waals surface area contributed by atoms with Gasteiger partial charge in [-0.15, -0.1) is 0 Å². The molecule has 0 saturated carbocycles. The highest BCUT2D eigenvalue weighted by Crippen LogP contribution is 2.27. The lowest BCUT2D eigenvalue weighted by molar-refractivity contribution is 0.199. The van der Waals surface area contributed by atoms with Gasteiger partial charge >= 0.3 is 0 Å². The maximum Gasteiger partial charge on any atom is 0.133 e. The van der Waals surface area contributed by atoms with Crippen molar-refractivity contribution in [3.05, 3.63) is 28.2 Å². The molecule has 0 saturated heterocycles. The molecule has 0 fully saturated rings. The van der Waals surface area contributed by atoms with Crippen LogP contribution in [0.25, 0.3) is 0 Å². The fraction of sp³-hybridized carbons (Fsp3) is 0.647. The first kappa shape index (κ1) is 18.5. The molecule has 120 valence electrons. The number of methoxy groups -OCH3 is 1. The second-order valence-corrected chi connectivity index (χ2v) is 6.23. The molecule has 0 heterocycles.